The Kier molecular flexibility index (Phi) is 3.00. The minimum absolute atomic E-state index is 0.799. The zero-order valence-corrected chi connectivity index (χ0v) is 11.7. The summed E-state index contributed by atoms with van der Waals surface area (Å²) in [5.74, 6) is 0. The van der Waals surface area contributed by atoms with Crippen molar-refractivity contribution in [1.82, 2.24) is 0 Å². The third-order valence-corrected chi connectivity index (χ3v) is 4.16. The van der Waals surface area contributed by atoms with Gasteiger partial charge in [0.2, 0.25) is 0 Å². The van der Waals surface area contributed by atoms with Gasteiger partial charge in [-0.05, 0) is 35.7 Å². The van der Waals surface area contributed by atoms with Gasteiger partial charge in [0, 0.05) is 28.9 Å². The topological polar surface area (TPSA) is 29.3 Å². The van der Waals surface area contributed by atoms with E-state index in [1.807, 2.05) is 12.1 Å². The molecule has 1 aliphatic heterocycles. The van der Waals surface area contributed by atoms with E-state index in [-0.39, 0.29) is 0 Å². The highest BCUT2D eigenvalue weighted by atomic mass is 79.9. The number of halogens is 1. The second-order valence-electron chi connectivity index (χ2n) is 4.65. The molecule has 18 heavy (non-hydrogen) atoms. The molecule has 0 radical (unpaired) electrons. The van der Waals surface area contributed by atoms with Crippen molar-refractivity contribution in [2.45, 2.75) is 13.0 Å². The lowest BCUT2D eigenvalue weighted by Crippen LogP contribution is -2.19. The lowest BCUT2D eigenvalue weighted by molar-refractivity contribution is 0.833. The molecule has 0 unspecified atom stereocenters. The van der Waals surface area contributed by atoms with E-state index in [0.29, 0.717) is 0 Å². The number of benzene rings is 2. The molecule has 0 aliphatic carbocycles. The van der Waals surface area contributed by atoms with E-state index in [9.17, 15) is 0 Å². The molecular formula is C15H15BrN2. The van der Waals surface area contributed by atoms with Crippen LogP contribution in [0, 0.1) is 0 Å². The Bertz CT molecular complexity index is 580. The van der Waals surface area contributed by atoms with Crippen molar-refractivity contribution in [3.05, 3.63) is 58.1 Å². The van der Waals surface area contributed by atoms with Crippen LogP contribution < -0.4 is 10.6 Å². The zero-order chi connectivity index (χ0) is 12.5. The first-order chi connectivity index (χ1) is 8.74. The summed E-state index contributed by atoms with van der Waals surface area (Å²) < 4.78 is 1.09. The molecule has 2 aromatic carbocycles. The second-order valence-corrected chi connectivity index (χ2v) is 5.51. The standard InChI is InChI=1S/C15H15BrN2/c16-14-9-13(17)6-5-12(14)10-18-8-7-11-3-1-2-4-15(11)18/h1-6,9H,7-8,10,17H2. The maximum Gasteiger partial charge on any atom is 0.0440 e. The quantitative estimate of drug-likeness (QED) is 0.859. The molecule has 0 atom stereocenters. The van der Waals surface area contributed by atoms with Crippen LogP contribution in [0.1, 0.15) is 11.1 Å². The zero-order valence-electron chi connectivity index (χ0n) is 10.1. The van der Waals surface area contributed by atoms with Crippen molar-refractivity contribution < 1.29 is 0 Å². The number of fused-ring (bicyclic) bond motifs is 1. The fourth-order valence-electron chi connectivity index (χ4n) is 2.47. The Labute approximate surface area is 116 Å². The molecule has 3 rings (SSSR count). The van der Waals surface area contributed by atoms with Gasteiger partial charge in [-0.3, -0.25) is 0 Å². The summed E-state index contributed by atoms with van der Waals surface area (Å²) in [6, 6.07) is 14.7. The predicted octanol–water partition coefficient (Wildman–Crippen LogP) is 3.59. The van der Waals surface area contributed by atoms with Gasteiger partial charge in [0.25, 0.3) is 0 Å². The summed E-state index contributed by atoms with van der Waals surface area (Å²) in [5, 5.41) is 0. The summed E-state index contributed by atoms with van der Waals surface area (Å²) in [6.45, 7) is 2.02. The van der Waals surface area contributed by atoms with Crippen LogP contribution in [0.2, 0.25) is 0 Å². The highest BCUT2D eigenvalue weighted by Gasteiger charge is 2.18. The maximum atomic E-state index is 5.77. The molecule has 1 heterocycles. The first kappa shape index (κ1) is 11.6. The summed E-state index contributed by atoms with van der Waals surface area (Å²) in [4.78, 5) is 2.42. The summed E-state index contributed by atoms with van der Waals surface area (Å²) in [7, 11) is 0. The Hall–Kier alpha value is -1.48. The molecule has 2 aromatic rings. The van der Waals surface area contributed by atoms with E-state index in [4.69, 9.17) is 5.73 Å². The van der Waals surface area contributed by atoms with E-state index >= 15 is 0 Å². The Morgan fingerprint density at radius 2 is 2.00 bits per heavy atom. The number of hydrogen-bond acceptors (Lipinski definition) is 2. The Morgan fingerprint density at radius 1 is 1.17 bits per heavy atom. The molecule has 92 valence electrons. The molecular weight excluding hydrogens is 288 g/mol. The molecule has 2 nitrogen and oxygen atoms in total. The third-order valence-electron chi connectivity index (χ3n) is 3.42. The van der Waals surface area contributed by atoms with E-state index in [1.165, 1.54) is 16.8 Å². The van der Waals surface area contributed by atoms with Gasteiger partial charge in [-0.15, -0.1) is 0 Å². The normalized spacial score (nSPS) is 13.7. The fraction of sp³-hybridized carbons (Fsp3) is 0.200. The highest BCUT2D eigenvalue weighted by Crippen LogP contribution is 2.30. The van der Waals surface area contributed by atoms with Gasteiger partial charge >= 0.3 is 0 Å². The minimum Gasteiger partial charge on any atom is -0.399 e. The lowest BCUT2D eigenvalue weighted by atomic mass is 10.1. The summed E-state index contributed by atoms with van der Waals surface area (Å²) in [5.41, 5.74) is 10.7. The van der Waals surface area contributed by atoms with Crippen molar-refractivity contribution in [3.63, 3.8) is 0 Å². The first-order valence-corrected chi connectivity index (χ1v) is 6.90. The average molecular weight is 303 g/mol. The molecule has 0 aromatic heterocycles. The van der Waals surface area contributed by atoms with Gasteiger partial charge in [-0.2, -0.15) is 0 Å². The number of nitrogens with zero attached hydrogens (tertiary/aromatic N) is 1. The van der Waals surface area contributed by atoms with Gasteiger partial charge in [-0.1, -0.05) is 40.2 Å². The number of anilines is 2. The molecule has 0 spiro atoms. The fourth-order valence-corrected chi connectivity index (χ4v) is 2.99. The van der Waals surface area contributed by atoms with Gasteiger partial charge in [0.05, 0.1) is 0 Å². The van der Waals surface area contributed by atoms with Gasteiger partial charge < -0.3 is 10.6 Å². The Morgan fingerprint density at radius 3 is 2.83 bits per heavy atom. The first-order valence-electron chi connectivity index (χ1n) is 6.11. The monoisotopic (exact) mass is 302 g/mol. The summed E-state index contributed by atoms with van der Waals surface area (Å²) in [6.07, 6.45) is 1.14. The number of nitrogens with two attached hydrogens (primary N) is 1. The predicted molar refractivity (Wildman–Crippen MR) is 79.8 cm³/mol. The third kappa shape index (κ3) is 2.10. The van der Waals surface area contributed by atoms with E-state index in [2.05, 4.69) is 51.2 Å². The molecule has 2 N–H and O–H groups in total. The SMILES string of the molecule is Nc1ccc(CN2CCc3ccccc32)c(Br)c1. The van der Waals surface area contributed by atoms with Crippen molar-refractivity contribution in [1.29, 1.82) is 0 Å². The van der Waals surface area contributed by atoms with Gasteiger partial charge in [-0.25, -0.2) is 0 Å². The summed E-state index contributed by atoms with van der Waals surface area (Å²) >= 11 is 3.59. The van der Waals surface area contributed by atoms with E-state index < -0.39 is 0 Å². The molecule has 0 bridgehead atoms. The molecule has 1 aliphatic rings. The van der Waals surface area contributed by atoms with Crippen molar-refractivity contribution in [2.24, 2.45) is 0 Å². The molecule has 0 saturated heterocycles. The number of hydrogen-bond donors (Lipinski definition) is 1. The van der Waals surface area contributed by atoms with Crippen LogP contribution in [-0.2, 0) is 13.0 Å². The van der Waals surface area contributed by atoms with Crippen molar-refractivity contribution in [3.8, 4) is 0 Å². The second kappa shape index (κ2) is 4.65. The number of nitrogen functional groups attached to an aromatic ring is 1. The Balaban J connectivity index is 1.86. The van der Waals surface area contributed by atoms with Crippen LogP contribution in [0.25, 0.3) is 0 Å². The van der Waals surface area contributed by atoms with Crippen LogP contribution in [0.4, 0.5) is 11.4 Å². The van der Waals surface area contributed by atoms with Crippen LogP contribution in [-0.4, -0.2) is 6.54 Å². The highest BCUT2D eigenvalue weighted by molar-refractivity contribution is 9.10. The van der Waals surface area contributed by atoms with Crippen LogP contribution >= 0.6 is 15.9 Å². The molecule has 0 saturated carbocycles. The molecule has 0 fully saturated rings. The average Bonchev–Trinajstić information content (AvgIpc) is 2.76. The lowest BCUT2D eigenvalue weighted by Gasteiger charge is -2.20. The number of rotatable bonds is 2. The molecule has 0 amide bonds. The minimum atomic E-state index is 0.799. The van der Waals surface area contributed by atoms with Crippen LogP contribution in [0.15, 0.2) is 46.9 Å². The molecule has 3 heteroatoms. The van der Waals surface area contributed by atoms with Gasteiger partial charge in [0.15, 0.2) is 0 Å². The maximum absolute atomic E-state index is 5.77. The number of para-hydroxylation sites is 1. The van der Waals surface area contributed by atoms with E-state index in [0.717, 1.165) is 29.7 Å². The van der Waals surface area contributed by atoms with Crippen molar-refractivity contribution in [2.75, 3.05) is 17.2 Å². The van der Waals surface area contributed by atoms with Crippen LogP contribution in [0.5, 0.6) is 0 Å². The van der Waals surface area contributed by atoms with Crippen LogP contribution in [0.3, 0.4) is 0 Å². The smallest absolute Gasteiger partial charge is 0.0440 e. The van der Waals surface area contributed by atoms with Crippen molar-refractivity contribution >= 4 is 27.3 Å². The largest absolute Gasteiger partial charge is 0.399 e. The van der Waals surface area contributed by atoms with Gasteiger partial charge in [0.1, 0.15) is 0 Å². The van der Waals surface area contributed by atoms with E-state index in [1.54, 1.807) is 0 Å².